The second kappa shape index (κ2) is 17.5. The molecule has 0 radical (unpaired) electrons. The lowest BCUT2D eigenvalue weighted by atomic mass is 9.80. The number of fused-ring (bicyclic) bond motifs is 1. The maximum absolute atomic E-state index is 14.3. The van der Waals surface area contributed by atoms with Gasteiger partial charge in [-0.1, -0.05) is 148 Å². The van der Waals surface area contributed by atoms with Crippen LogP contribution in [0, 0.1) is 16.7 Å². The van der Waals surface area contributed by atoms with Crippen molar-refractivity contribution in [1.29, 1.82) is 5.26 Å². The number of nitriles is 1. The summed E-state index contributed by atoms with van der Waals surface area (Å²) in [7, 11) is 0. The number of aromatic nitrogens is 1. The highest BCUT2D eigenvalue weighted by Crippen LogP contribution is 2.44. The zero-order valence-electron chi connectivity index (χ0n) is 34.3. The highest BCUT2D eigenvalue weighted by molar-refractivity contribution is 6.07. The van der Waals surface area contributed by atoms with Gasteiger partial charge in [0, 0.05) is 11.6 Å². The standard InChI is InChI=1S/C49H46N6O7/c1-48(2,3)45(58)53-46-51-42-39(43(52-46)62-47(59)55(36-25-15-7-16-26-36)37-27-17-8-18-28-37)32(29-50)30-54(42)44-41(57)40(56)38(61-44)31-60-49(33-19-9-4-10-20-33,34-21-11-5-12-22-34)35-23-13-6-14-24-35/h4-28,30,38,40-41,43-44,56-57H,31H2,1-3H3,(H2,51,52,53,58)/t38?,40-,41-,43?,44?/m1/s1. The number of para-hydroxylation sites is 2. The fourth-order valence-electron chi connectivity index (χ4n) is 7.72. The van der Waals surface area contributed by atoms with Gasteiger partial charge in [0.2, 0.25) is 18.1 Å². The third-order valence-corrected chi connectivity index (χ3v) is 10.9. The predicted molar refractivity (Wildman–Crippen MR) is 233 cm³/mol. The van der Waals surface area contributed by atoms with Gasteiger partial charge >= 0.3 is 6.09 Å². The summed E-state index contributed by atoms with van der Waals surface area (Å²) in [5.41, 5.74) is 1.76. The number of carbonyl (C=O) groups excluding carboxylic acids is 2. The minimum atomic E-state index is -1.52. The van der Waals surface area contributed by atoms with Gasteiger partial charge in [-0.05, 0) is 41.0 Å². The van der Waals surface area contributed by atoms with E-state index in [1.807, 2.05) is 103 Å². The minimum absolute atomic E-state index is 0.0439. The molecule has 314 valence electrons. The van der Waals surface area contributed by atoms with Crippen molar-refractivity contribution in [2.75, 3.05) is 16.8 Å². The first-order valence-corrected chi connectivity index (χ1v) is 20.2. The van der Waals surface area contributed by atoms with Crippen LogP contribution >= 0.6 is 0 Å². The average Bonchev–Trinajstić information content (AvgIpc) is 3.80. The number of aliphatic imine (C=N–C) groups is 1. The molecule has 0 bridgehead atoms. The first-order chi connectivity index (χ1) is 30.0. The minimum Gasteiger partial charge on any atom is -0.418 e. The molecule has 2 aliphatic rings. The zero-order chi connectivity index (χ0) is 43.4. The number of aliphatic hydroxyl groups excluding tert-OH is 2. The van der Waals surface area contributed by atoms with Gasteiger partial charge in [-0.25, -0.2) is 14.7 Å². The lowest BCUT2D eigenvalue weighted by Gasteiger charge is -2.37. The number of hydrogen-bond donors (Lipinski definition) is 4. The van der Waals surface area contributed by atoms with Crippen LogP contribution in [0.1, 0.15) is 61.0 Å². The third-order valence-electron chi connectivity index (χ3n) is 10.9. The second-order valence-corrected chi connectivity index (χ2v) is 16.0. The number of ether oxygens (including phenoxy) is 3. The maximum atomic E-state index is 14.3. The Morgan fingerprint density at radius 1 is 0.790 bits per heavy atom. The van der Waals surface area contributed by atoms with E-state index in [0.29, 0.717) is 11.4 Å². The summed E-state index contributed by atoms with van der Waals surface area (Å²) in [5, 5.41) is 39.8. The summed E-state index contributed by atoms with van der Waals surface area (Å²) in [6, 6.07) is 49.2. The van der Waals surface area contributed by atoms with Crippen LogP contribution in [0.2, 0.25) is 0 Å². The van der Waals surface area contributed by atoms with Crippen LogP contribution < -0.4 is 15.5 Å². The molecule has 5 atom stereocenters. The predicted octanol–water partition coefficient (Wildman–Crippen LogP) is 7.90. The smallest absolute Gasteiger partial charge is 0.418 e. The van der Waals surface area contributed by atoms with Crippen molar-refractivity contribution in [3.05, 3.63) is 186 Å². The summed E-state index contributed by atoms with van der Waals surface area (Å²) in [5.74, 6) is -0.319. The molecule has 3 heterocycles. The Morgan fingerprint density at radius 3 is 1.74 bits per heavy atom. The molecule has 1 saturated heterocycles. The van der Waals surface area contributed by atoms with Crippen molar-refractivity contribution in [3.63, 3.8) is 0 Å². The first kappa shape index (κ1) is 41.6. The second-order valence-electron chi connectivity index (χ2n) is 16.0. The molecule has 2 amide bonds. The topological polar surface area (TPSA) is 171 Å². The number of carbonyl (C=O) groups is 2. The van der Waals surface area contributed by atoms with Gasteiger partial charge in [-0.3, -0.25) is 10.1 Å². The van der Waals surface area contributed by atoms with Crippen LogP contribution in [-0.2, 0) is 24.6 Å². The number of amides is 2. The monoisotopic (exact) mass is 830 g/mol. The first-order valence-electron chi connectivity index (χ1n) is 20.2. The molecule has 4 N–H and O–H groups in total. The fourth-order valence-corrected chi connectivity index (χ4v) is 7.72. The van der Waals surface area contributed by atoms with Gasteiger partial charge in [-0.2, -0.15) is 5.26 Å². The Bertz CT molecular complexity index is 2440. The van der Waals surface area contributed by atoms with Crippen molar-refractivity contribution < 1.29 is 34.0 Å². The molecule has 62 heavy (non-hydrogen) atoms. The van der Waals surface area contributed by atoms with Gasteiger partial charge in [0.05, 0.1) is 29.1 Å². The molecule has 13 nitrogen and oxygen atoms in total. The summed E-state index contributed by atoms with van der Waals surface area (Å²) < 4.78 is 21.0. The van der Waals surface area contributed by atoms with E-state index >= 15 is 0 Å². The average molecular weight is 831 g/mol. The number of nitrogens with zero attached hydrogens (tertiary/aromatic N) is 4. The highest BCUT2D eigenvalue weighted by Gasteiger charge is 2.48. The highest BCUT2D eigenvalue weighted by atomic mass is 16.6. The number of anilines is 3. The summed E-state index contributed by atoms with van der Waals surface area (Å²) in [6.07, 6.45) is -6.14. The SMILES string of the molecule is CC(C)(C)C(=O)NC1=NC(OC(=O)N(c2ccccc2)c2ccccc2)c2c(C#N)cn(C3OC(COC(c4ccccc4)(c4ccccc4)c4ccccc4)[C@@H](O)[C@H]3O)c2N1. The van der Waals surface area contributed by atoms with Crippen LogP contribution in [0.4, 0.5) is 22.0 Å². The summed E-state index contributed by atoms with van der Waals surface area (Å²) in [6.45, 7) is 5.03. The van der Waals surface area contributed by atoms with Gasteiger partial charge in [-0.15, -0.1) is 0 Å². The molecule has 0 saturated carbocycles. The van der Waals surface area contributed by atoms with Crippen LogP contribution in [0.25, 0.3) is 0 Å². The van der Waals surface area contributed by atoms with E-state index in [9.17, 15) is 25.1 Å². The number of nitrogens with one attached hydrogen (secondary N) is 2. The van der Waals surface area contributed by atoms with Crippen LogP contribution in [0.15, 0.2) is 163 Å². The number of benzene rings is 5. The van der Waals surface area contributed by atoms with Crippen molar-refractivity contribution in [3.8, 4) is 6.07 Å². The summed E-state index contributed by atoms with van der Waals surface area (Å²) >= 11 is 0. The molecule has 1 aromatic heterocycles. The Balaban J connectivity index is 1.15. The lowest BCUT2D eigenvalue weighted by Crippen LogP contribution is -2.44. The Morgan fingerprint density at radius 2 is 1.27 bits per heavy atom. The molecule has 1 fully saturated rings. The van der Waals surface area contributed by atoms with Crippen molar-refractivity contribution >= 4 is 35.2 Å². The lowest BCUT2D eigenvalue weighted by molar-refractivity contribution is -0.126. The molecule has 2 aliphatic heterocycles. The van der Waals surface area contributed by atoms with E-state index < -0.39 is 53.8 Å². The van der Waals surface area contributed by atoms with Crippen LogP contribution in [-0.4, -0.2) is 57.7 Å². The Hall–Kier alpha value is -7.08. The summed E-state index contributed by atoms with van der Waals surface area (Å²) in [4.78, 5) is 33.6. The molecule has 13 heteroatoms. The van der Waals surface area contributed by atoms with Gasteiger partial charge in [0.25, 0.3) is 0 Å². The zero-order valence-corrected chi connectivity index (χ0v) is 34.3. The molecule has 6 aromatic rings. The van der Waals surface area contributed by atoms with E-state index in [1.165, 1.54) is 15.7 Å². The number of rotatable bonds is 10. The molecule has 0 aliphatic carbocycles. The number of guanidine groups is 1. The normalized spacial score (nSPS) is 19.6. The van der Waals surface area contributed by atoms with E-state index in [4.69, 9.17) is 14.2 Å². The quantitative estimate of drug-likeness (QED) is 0.100. The van der Waals surface area contributed by atoms with Crippen molar-refractivity contribution in [2.45, 2.75) is 57.1 Å². The molecular formula is C49H46N6O7. The van der Waals surface area contributed by atoms with Gasteiger partial charge in [0.1, 0.15) is 35.8 Å². The van der Waals surface area contributed by atoms with Crippen molar-refractivity contribution in [2.24, 2.45) is 10.4 Å². The Kier molecular flexibility index (Phi) is 11.7. The van der Waals surface area contributed by atoms with Crippen LogP contribution in [0.3, 0.4) is 0 Å². The van der Waals surface area contributed by atoms with Gasteiger partial charge in [0.15, 0.2) is 6.23 Å². The van der Waals surface area contributed by atoms with Gasteiger partial charge < -0.3 is 34.3 Å². The molecular weight excluding hydrogens is 785 g/mol. The van der Waals surface area contributed by atoms with Crippen LogP contribution in [0.5, 0.6) is 0 Å². The van der Waals surface area contributed by atoms with E-state index in [0.717, 1.165) is 16.7 Å². The van der Waals surface area contributed by atoms with E-state index in [-0.39, 0.29) is 29.5 Å². The Labute approximate surface area is 359 Å². The molecule has 5 aromatic carbocycles. The third kappa shape index (κ3) is 8.07. The maximum Gasteiger partial charge on any atom is 0.421 e. The molecule has 0 spiro atoms. The number of aliphatic hydroxyl groups is 2. The van der Waals surface area contributed by atoms with E-state index in [2.05, 4.69) is 21.7 Å². The van der Waals surface area contributed by atoms with E-state index in [1.54, 1.807) is 69.3 Å². The number of hydrogen-bond acceptors (Lipinski definition) is 10. The largest absolute Gasteiger partial charge is 0.421 e. The fraction of sp³-hybridized carbons (Fsp3) is 0.224. The molecule has 3 unspecified atom stereocenters. The van der Waals surface area contributed by atoms with Crippen molar-refractivity contribution in [1.82, 2.24) is 9.88 Å². The molecule has 8 rings (SSSR count).